The molecule has 0 aromatic heterocycles. The predicted molar refractivity (Wildman–Crippen MR) is 64.1 cm³/mol. The highest BCUT2D eigenvalue weighted by Gasteiger charge is 2.30. The molecule has 1 fully saturated rings. The van der Waals surface area contributed by atoms with Gasteiger partial charge in [0.15, 0.2) is 0 Å². The molecule has 0 spiro atoms. The van der Waals surface area contributed by atoms with Crippen molar-refractivity contribution in [3.63, 3.8) is 0 Å². The minimum absolute atomic E-state index is 0.0499. The summed E-state index contributed by atoms with van der Waals surface area (Å²) >= 11 is 0. The van der Waals surface area contributed by atoms with E-state index >= 15 is 0 Å². The third kappa shape index (κ3) is 2.77. The fourth-order valence-electron chi connectivity index (χ4n) is 1.98. The zero-order valence-electron chi connectivity index (χ0n) is 10.3. The first-order valence-corrected chi connectivity index (χ1v) is 5.77. The second-order valence-corrected chi connectivity index (χ2v) is 4.41. The highest BCUT2D eigenvalue weighted by atomic mass is 19.1. The smallest absolute Gasteiger partial charge is 0.243 e. The SMILES string of the molecule is CC1C(=O)NC(=O)CN1Cc1cc(F)ccc1C#N. The highest BCUT2D eigenvalue weighted by molar-refractivity contribution is 6.00. The number of carbonyl (C=O) groups is 2. The lowest BCUT2D eigenvalue weighted by Gasteiger charge is -2.31. The van der Waals surface area contributed by atoms with Crippen molar-refractivity contribution in [2.75, 3.05) is 6.54 Å². The molecule has 2 rings (SSSR count). The fourth-order valence-corrected chi connectivity index (χ4v) is 1.98. The first-order valence-electron chi connectivity index (χ1n) is 5.77. The third-order valence-corrected chi connectivity index (χ3v) is 3.10. The summed E-state index contributed by atoms with van der Waals surface area (Å²) in [5.74, 6) is -1.22. The summed E-state index contributed by atoms with van der Waals surface area (Å²) in [6, 6.07) is 5.33. The maximum atomic E-state index is 13.2. The van der Waals surface area contributed by atoms with Gasteiger partial charge in [-0.25, -0.2) is 4.39 Å². The Kier molecular flexibility index (Phi) is 3.58. The first kappa shape index (κ1) is 13.2. The van der Waals surface area contributed by atoms with Crippen LogP contribution in [0.2, 0.25) is 0 Å². The van der Waals surface area contributed by atoms with Gasteiger partial charge >= 0.3 is 0 Å². The monoisotopic (exact) mass is 261 g/mol. The maximum absolute atomic E-state index is 13.2. The van der Waals surface area contributed by atoms with Gasteiger partial charge in [0.2, 0.25) is 11.8 Å². The van der Waals surface area contributed by atoms with Gasteiger partial charge in [0.25, 0.3) is 0 Å². The van der Waals surface area contributed by atoms with Gasteiger partial charge in [-0.15, -0.1) is 0 Å². The minimum atomic E-state index is -0.493. The van der Waals surface area contributed by atoms with Gasteiger partial charge in [-0.2, -0.15) is 5.26 Å². The van der Waals surface area contributed by atoms with E-state index in [1.807, 2.05) is 6.07 Å². The van der Waals surface area contributed by atoms with Gasteiger partial charge < -0.3 is 0 Å². The quantitative estimate of drug-likeness (QED) is 0.789. The van der Waals surface area contributed by atoms with Gasteiger partial charge in [-0.1, -0.05) is 0 Å². The van der Waals surface area contributed by atoms with Crippen molar-refractivity contribution < 1.29 is 14.0 Å². The van der Waals surface area contributed by atoms with E-state index in [0.717, 1.165) is 0 Å². The molecule has 1 heterocycles. The number of halogens is 1. The van der Waals surface area contributed by atoms with Gasteiger partial charge in [0.05, 0.1) is 24.2 Å². The van der Waals surface area contributed by atoms with E-state index < -0.39 is 17.8 Å². The van der Waals surface area contributed by atoms with Crippen LogP contribution >= 0.6 is 0 Å². The van der Waals surface area contributed by atoms with E-state index in [1.165, 1.54) is 18.2 Å². The van der Waals surface area contributed by atoms with Crippen molar-refractivity contribution in [2.24, 2.45) is 0 Å². The summed E-state index contributed by atoms with van der Waals surface area (Å²) in [5, 5.41) is 11.2. The van der Waals surface area contributed by atoms with Crippen molar-refractivity contribution >= 4 is 11.8 Å². The Bertz CT molecular complexity index is 580. The Morgan fingerprint density at radius 1 is 1.53 bits per heavy atom. The van der Waals surface area contributed by atoms with E-state index in [9.17, 15) is 14.0 Å². The lowest BCUT2D eigenvalue weighted by molar-refractivity contribution is -0.139. The van der Waals surface area contributed by atoms with Gasteiger partial charge in [0, 0.05) is 6.54 Å². The van der Waals surface area contributed by atoms with Crippen LogP contribution in [0.3, 0.4) is 0 Å². The highest BCUT2D eigenvalue weighted by Crippen LogP contribution is 2.16. The molecule has 5 nitrogen and oxygen atoms in total. The molecule has 1 atom stereocenters. The predicted octanol–water partition coefficient (Wildman–Crippen LogP) is 0.544. The number of rotatable bonds is 2. The summed E-state index contributed by atoms with van der Waals surface area (Å²) in [7, 11) is 0. The molecule has 0 saturated carbocycles. The first-order chi connectivity index (χ1) is 9.01. The van der Waals surface area contributed by atoms with Gasteiger partial charge in [-0.3, -0.25) is 19.8 Å². The number of imide groups is 1. The Labute approximate surface area is 109 Å². The molecule has 1 aromatic rings. The maximum Gasteiger partial charge on any atom is 0.243 e. The van der Waals surface area contributed by atoms with Crippen molar-refractivity contribution in [3.05, 3.63) is 35.1 Å². The molecular weight excluding hydrogens is 249 g/mol. The van der Waals surface area contributed by atoms with Crippen LogP contribution in [0.15, 0.2) is 18.2 Å². The number of carbonyl (C=O) groups excluding carboxylic acids is 2. The zero-order valence-corrected chi connectivity index (χ0v) is 10.3. The molecule has 0 aliphatic carbocycles. The largest absolute Gasteiger partial charge is 0.294 e. The molecule has 1 unspecified atom stereocenters. The minimum Gasteiger partial charge on any atom is -0.294 e. The number of hydrogen-bond donors (Lipinski definition) is 1. The summed E-state index contributed by atoms with van der Waals surface area (Å²) in [6.45, 7) is 1.89. The lowest BCUT2D eigenvalue weighted by Crippen LogP contribution is -2.56. The number of nitrogens with zero attached hydrogens (tertiary/aromatic N) is 2. The van der Waals surface area contributed by atoms with E-state index in [2.05, 4.69) is 5.32 Å². The second kappa shape index (κ2) is 5.16. The number of hydrogen-bond acceptors (Lipinski definition) is 4. The molecule has 2 amide bonds. The van der Waals surface area contributed by atoms with Crippen LogP contribution < -0.4 is 5.32 Å². The van der Waals surface area contributed by atoms with Crippen LogP contribution in [-0.4, -0.2) is 29.3 Å². The van der Waals surface area contributed by atoms with E-state index in [4.69, 9.17) is 5.26 Å². The molecule has 1 aromatic carbocycles. The van der Waals surface area contributed by atoms with Crippen molar-refractivity contribution in [1.29, 1.82) is 5.26 Å². The number of piperazine rings is 1. The van der Waals surface area contributed by atoms with Gasteiger partial charge in [0.1, 0.15) is 5.82 Å². The van der Waals surface area contributed by atoms with Crippen molar-refractivity contribution in [1.82, 2.24) is 10.2 Å². The van der Waals surface area contributed by atoms with Crippen LogP contribution in [0.5, 0.6) is 0 Å². The standard InChI is InChI=1S/C13H12FN3O2/c1-8-13(19)16-12(18)7-17(8)6-10-4-11(14)3-2-9(10)5-15/h2-4,8H,6-7H2,1H3,(H,16,18,19). The van der Waals surface area contributed by atoms with Crippen molar-refractivity contribution in [2.45, 2.75) is 19.5 Å². The number of nitrogens with one attached hydrogen (secondary N) is 1. The van der Waals surface area contributed by atoms with Crippen molar-refractivity contribution in [3.8, 4) is 6.07 Å². The normalized spacial score (nSPS) is 19.9. The summed E-state index contributed by atoms with van der Waals surface area (Å²) in [5.41, 5.74) is 0.809. The Morgan fingerprint density at radius 3 is 2.95 bits per heavy atom. The van der Waals surface area contributed by atoms with E-state index in [-0.39, 0.29) is 19.0 Å². The van der Waals surface area contributed by atoms with Crippen LogP contribution in [0, 0.1) is 17.1 Å². The molecule has 6 heteroatoms. The Balaban J connectivity index is 2.25. The molecule has 1 aliphatic heterocycles. The topological polar surface area (TPSA) is 73.2 Å². The average molecular weight is 261 g/mol. The fraction of sp³-hybridized carbons (Fsp3) is 0.308. The van der Waals surface area contributed by atoms with E-state index in [1.54, 1.807) is 11.8 Å². The average Bonchev–Trinajstić information content (AvgIpc) is 2.35. The summed E-state index contributed by atoms with van der Waals surface area (Å²) < 4.78 is 13.2. The molecule has 1 aliphatic rings. The van der Waals surface area contributed by atoms with Crippen LogP contribution in [0.4, 0.5) is 4.39 Å². The van der Waals surface area contributed by atoms with Crippen LogP contribution in [-0.2, 0) is 16.1 Å². The van der Waals surface area contributed by atoms with E-state index in [0.29, 0.717) is 11.1 Å². The molecule has 1 N–H and O–H groups in total. The second-order valence-electron chi connectivity index (χ2n) is 4.41. The third-order valence-electron chi connectivity index (χ3n) is 3.10. The molecule has 0 radical (unpaired) electrons. The number of nitriles is 1. The zero-order chi connectivity index (χ0) is 14.0. The summed E-state index contributed by atoms with van der Waals surface area (Å²) in [4.78, 5) is 24.5. The van der Waals surface area contributed by atoms with Crippen LogP contribution in [0.1, 0.15) is 18.1 Å². The molecule has 19 heavy (non-hydrogen) atoms. The Morgan fingerprint density at radius 2 is 2.26 bits per heavy atom. The van der Waals surface area contributed by atoms with Gasteiger partial charge in [-0.05, 0) is 30.7 Å². The molecule has 98 valence electrons. The number of amides is 2. The summed E-state index contributed by atoms with van der Waals surface area (Å²) in [6.07, 6.45) is 0. The lowest BCUT2D eigenvalue weighted by atomic mass is 10.1. The number of benzene rings is 1. The van der Waals surface area contributed by atoms with Crippen LogP contribution in [0.25, 0.3) is 0 Å². The Hall–Kier alpha value is -2.26. The molecule has 0 bridgehead atoms. The molecular formula is C13H12FN3O2. The molecule has 1 saturated heterocycles.